The largest absolute Gasteiger partial charge is 0.468 e. The minimum absolute atomic E-state index is 0.000958. The molecule has 1 amide bonds. The molecular formula is C17H20N4O2. The van der Waals surface area contributed by atoms with E-state index in [1.165, 1.54) is 0 Å². The van der Waals surface area contributed by atoms with Crippen LogP contribution in [-0.4, -0.2) is 51.9 Å². The number of amides is 1. The Morgan fingerprint density at radius 3 is 2.96 bits per heavy atom. The highest BCUT2D eigenvalue weighted by Gasteiger charge is 2.38. The van der Waals surface area contributed by atoms with Gasteiger partial charge in [0.2, 0.25) is 0 Å². The molecule has 2 fully saturated rings. The van der Waals surface area contributed by atoms with E-state index in [0.717, 1.165) is 44.9 Å². The summed E-state index contributed by atoms with van der Waals surface area (Å²) in [6, 6.07) is 3.95. The predicted molar refractivity (Wildman–Crippen MR) is 83.5 cm³/mol. The van der Waals surface area contributed by atoms with Crippen molar-refractivity contribution < 1.29 is 9.21 Å². The first-order valence-electron chi connectivity index (χ1n) is 8.09. The van der Waals surface area contributed by atoms with Gasteiger partial charge in [0, 0.05) is 38.6 Å². The first kappa shape index (κ1) is 14.4. The molecule has 0 bridgehead atoms. The Balaban J connectivity index is 1.39. The number of carbonyl (C=O) groups is 1. The number of nitrogens with zero attached hydrogens (tertiary/aromatic N) is 4. The second-order valence-electron chi connectivity index (χ2n) is 6.42. The van der Waals surface area contributed by atoms with Crippen LogP contribution in [0.4, 0.5) is 0 Å². The molecule has 2 aromatic rings. The fourth-order valence-corrected chi connectivity index (χ4v) is 3.77. The summed E-state index contributed by atoms with van der Waals surface area (Å²) in [5.41, 5.74) is 0.441. The van der Waals surface area contributed by atoms with Crippen LogP contribution in [0.15, 0.2) is 41.4 Å². The topological polar surface area (TPSA) is 62.5 Å². The van der Waals surface area contributed by atoms with Gasteiger partial charge in [-0.3, -0.25) is 14.7 Å². The lowest BCUT2D eigenvalue weighted by atomic mass is 9.88. The highest BCUT2D eigenvalue weighted by Crippen LogP contribution is 2.32. The number of fused-ring (bicyclic) bond motifs is 1. The van der Waals surface area contributed by atoms with Gasteiger partial charge in [0.15, 0.2) is 0 Å². The molecule has 0 saturated carbocycles. The fraction of sp³-hybridized carbons (Fsp3) is 0.471. The summed E-state index contributed by atoms with van der Waals surface area (Å²) in [5.74, 6) is 2.23. The Morgan fingerprint density at radius 2 is 2.17 bits per heavy atom. The lowest BCUT2D eigenvalue weighted by molar-refractivity contribution is 0.0635. The second-order valence-corrected chi connectivity index (χ2v) is 6.42. The maximum Gasteiger partial charge on any atom is 0.274 e. The first-order valence-corrected chi connectivity index (χ1v) is 8.09. The van der Waals surface area contributed by atoms with Gasteiger partial charge >= 0.3 is 0 Å². The monoisotopic (exact) mass is 312 g/mol. The van der Waals surface area contributed by atoms with Crippen molar-refractivity contribution >= 4 is 5.91 Å². The molecule has 0 unspecified atom stereocenters. The molecule has 120 valence electrons. The average Bonchev–Trinajstić information content (AvgIpc) is 3.23. The van der Waals surface area contributed by atoms with Crippen LogP contribution in [0.5, 0.6) is 0 Å². The molecule has 2 saturated heterocycles. The Bertz CT molecular complexity index is 658. The van der Waals surface area contributed by atoms with E-state index >= 15 is 0 Å². The zero-order valence-electron chi connectivity index (χ0n) is 13.0. The molecule has 6 heteroatoms. The molecule has 2 atom stereocenters. The molecule has 2 aliphatic heterocycles. The van der Waals surface area contributed by atoms with E-state index < -0.39 is 0 Å². The minimum Gasteiger partial charge on any atom is -0.468 e. The highest BCUT2D eigenvalue weighted by atomic mass is 16.3. The van der Waals surface area contributed by atoms with Gasteiger partial charge in [0.25, 0.3) is 5.91 Å². The molecule has 2 aliphatic rings. The van der Waals surface area contributed by atoms with Gasteiger partial charge in [0.05, 0.1) is 19.0 Å². The molecule has 4 heterocycles. The van der Waals surface area contributed by atoms with Gasteiger partial charge in [-0.2, -0.15) is 0 Å². The van der Waals surface area contributed by atoms with Crippen molar-refractivity contribution in [2.75, 3.05) is 26.2 Å². The highest BCUT2D eigenvalue weighted by molar-refractivity contribution is 5.92. The molecule has 0 N–H and O–H groups in total. The van der Waals surface area contributed by atoms with Crippen LogP contribution in [-0.2, 0) is 6.54 Å². The van der Waals surface area contributed by atoms with Crippen molar-refractivity contribution in [1.82, 2.24) is 19.8 Å². The van der Waals surface area contributed by atoms with E-state index in [-0.39, 0.29) is 5.91 Å². The quantitative estimate of drug-likeness (QED) is 0.862. The summed E-state index contributed by atoms with van der Waals surface area (Å²) in [7, 11) is 0. The maximum absolute atomic E-state index is 12.5. The molecule has 0 radical (unpaired) electrons. The molecule has 0 aromatic carbocycles. The number of aromatic nitrogens is 2. The first-order chi connectivity index (χ1) is 11.3. The van der Waals surface area contributed by atoms with Crippen LogP contribution in [0, 0.1) is 11.8 Å². The number of carbonyl (C=O) groups excluding carboxylic acids is 1. The number of hydrogen-bond acceptors (Lipinski definition) is 5. The molecule has 0 spiro atoms. The van der Waals surface area contributed by atoms with Crippen molar-refractivity contribution in [2.24, 2.45) is 11.8 Å². The predicted octanol–water partition coefficient (Wildman–Crippen LogP) is 1.66. The molecule has 6 nitrogen and oxygen atoms in total. The summed E-state index contributed by atoms with van der Waals surface area (Å²) in [6.45, 7) is 4.60. The maximum atomic E-state index is 12.5. The fourth-order valence-electron chi connectivity index (χ4n) is 3.77. The lowest BCUT2D eigenvalue weighted by Gasteiger charge is -2.34. The van der Waals surface area contributed by atoms with Gasteiger partial charge in [-0.1, -0.05) is 0 Å². The minimum atomic E-state index is 0.000958. The standard InChI is InChI=1S/C17H20N4O2/c22-17(16-8-18-4-5-19-16)21-6-3-13-9-20(10-14(13)11-21)12-15-2-1-7-23-15/h1-2,4-5,7-8,13-14H,3,6,9-12H2/t13-,14-/m0/s1. The zero-order valence-corrected chi connectivity index (χ0v) is 13.0. The number of furan rings is 1. The Morgan fingerprint density at radius 1 is 1.26 bits per heavy atom. The summed E-state index contributed by atoms with van der Waals surface area (Å²) < 4.78 is 5.44. The third-order valence-corrected chi connectivity index (χ3v) is 4.91. The molecular weight excluding hydrogens is 292 g/mol. The van der Waals surface area contributed by atoms with E-state index in [0.29, 0.717) is 17.5 Å². The summed E-state index contributed by atoms with van der Waals surface area (Å²) in [4.78, 5) is 25.0. The summed E-state index contributed by atoms with van der Waals surface area (Å²) >= 11 is 0. The van der Waals surface area contributed by atoms with Crippen molar-refractivity contribution in [3.8, 4) is 0 Å². The van der Waals surface area contributed by atoms with Crippen molar-refractivity contribution in [1.29, 1.82) is 0 Å². The van der Waals surface area contributed by atoms with E-state index in [4.69, 9.17) is 4.42 Å². The second kappa shape index (κ2) is 6.12. The van der Waals surface area contributed by atoms with Crippen LogP contribution >= 0.6 is 0 Å². The zero-order chi connectivity index (χ0) is 15.6. The van der Waals surface area contributed by atoms with E-state index in [9.17, 15) is 4.79 Å². The smallest absolute Gasteiger partial charge is 0.274 e. The third-order valence-electron chi connectivity index (χ3n) is 4.91. The molecule has 23 heavy (non-hydrogen) atoms. The number of likely N-dealkylation sites (tertiary alicyclic amines) is 2. The Hall–Kier alpha value is -2.21. The Kier molecular flexibility index (Phi) is 3.83. The summed E-state index contributed by atoms with van der Waals surface area (Å²) in [6.07, 6.45) is 7.49. The van der Waals surface area contributed by atoms with E-state index in [2.05, 4.69) is 14.9 Å². The average molecular weight is 312 g/mol. The lowest BCUT2D eigenvalue weighted by Crippen LogP contribution is -2.43. The van der Waals surface area contributed by atoms with Crippen LogP contribution in [0.2, 0.25) is 0 Å². The third kappa shape index (κ3) is 2.99. The van der Waals surface area contributed by atoms with E-state index in [1.807, 2.05) is 17.0 Å². The van der Waals surface area contributed by atoms with Gasteiger partial charge in [-0.15, -0.1) is 0 Å². The SMILES string of the molecule is O=C(c1cnccn1)N1CC[C@H]2CN(Cc3ccco3)C[C@H]2C1. The number of hydrogen-bond donors (Lipinski definition) is 0. The van der Waals surface area contributed by atoms with Gasteiger partial charge in [0.1, 0.15) is 11.5 Å². The van der Waals surface area contributed by atoms with Crippen molar-refractivity contribution in [2.45, 2.75) is 13.0 Å². The van der Waals surface area contributed by atoms with Crippen LogP contribution in [0.25, 0.3) is 0 Å². The number of piperidine rings is 1. The molecule has 2 aromatic heterocycles. The van der Waals surface area contributed by atoms with Crippen LogP contribution in [0.1, 0.15) is 22.7 Å². The number of rotatable bonds is 3. The molecule has 0 aliphatic carbocycles. The Labute approximate surface area is 135 Å². The van der Waals surface area contributed by atoms with Crippen molar-refractivity contribution in [3.05, 3.63) is 48.4 Å². The van der Waals surface area contributed by atoms with Gasteiger partial charge in [-0.05, 0) is 30.4 Å². The normalized spacial score (nSPS) is 24.6. The van der Waals surface area contributed by atoms with Gasteiger partial charge < -0.3 is 9.32 Å². The van der Waals surface area contributed by atoms with Gasteiger partial charge in [-0.25, -0.2) is 4.98 Å². The van der Waals surface area contributed by atoms with E-state index in [1.54, 1.807) is 24.9 Å². The van der Waals surface area contributed by atoms with Crippen LogP contribution in [0.3, 0.4) is 0 Å². The molecule has 4 rings (SSSR count). The summed E-state index contributed by atoms with van der Waals surface area (Å²) in [5, 5.41) is 0. The van der Waals surface area contributed by atoms with Crippen LogP contribution < -0.4 is 0 Å². The van der Waals surface area contributed by atoms with Crippen molar-refractivity contribution in [3.63, 3.8) is 0 Å².